The number of anilines is 1. The second kappa shape index (κ2) is 6.90. The summed E-state index contributed by atoms with van der Waals surface area (Å²) in [5.41, 5.74) is 2.34. The Bertz CT molecular complexity index is 871. The maximum absolute atomic E-state index is 12.8. The molecule has 2 aromatic carbocycles. The van der Waals surface area contributed by atoms with Gasteiger partial charge in [-0.2, -0.15) is 0 Å². The van der Waals surface area contributed by atoms with Gasteiger partial charge in [-0.1, -0.05) is 47.5 Å². The van der Waals surface area contributed by atoms with Gasteiger partial charge >= 0.3 is 0 Å². The Morgan fingerprint density at radius 3 is 2.92 bits per heavy atom. The SMILES string of the molecule is O=C1c2ccccc2NC(=NCc2cccc(Cl)c2Cl)C2CSCN12. The van der Waals surface area contributed by atoms with E-state index in [1.807, 2.05) is 41.3 Å². The monoisotopic (exact) mass is 391 g/mol. The number of halogens is 2. The van der Waals surface area contributed by atoms with E-state index < -0.39 is 0 Å². The molecule has 1 N–H and O–H groups in total. The lowest BCUT2D eigenvalue weighted by molar-refractivity contribution is 0.0783. The van der Waals surface area contributed by atoms with Crippen molar-refractivity contribution < 1.29 is 4.79 Å². The van der Waals surface area contributed by atoms with Gasteiger partial charge in [-0.3, -0.25) is 9.79 Å². The van der Waals surface area contributed by atoms with Gasteiger partial charge in [0.1, 0.15) is 5.84 Å². The van der Waals surface area contributed by atoms with Crippen LogP contribution >= 0.6 is 35.0 Å². The molecule has 0 aromatic heterocycles. The molecule has 4 rings (SSSR count). The molecular formula is C18H15Cl2N3OS. The Balaban J connectivity index is 1.70. The molecule has 128 valence electrons. The number of fused-ring (bicyclic) bond motifs is 2. The first-order chi connectivity index (χ1) is 12.1. The van der Waals surface area contributed by atoms with Crippen LogP contribution in [0.15, 0.2) is 47.5 Å². The molecule has 1 saturated heterocycles. The van der Waals surface area contributed by atoms with Gasteiger partial charge in [-0.15, -0.1) is 11.8 Å². The first kappa shape index (κ1) is 16.8. The van der Waals surface area contributed by atoms with Crippen LogP contribution in [0.5, 0.6) is 0 Å². The number of para-hydroxylation sites is 1. The number of rotatable bonds is 2. The fourth-order valence-corrected chi connectivity index (χ4v) is 4.55. The molecule has 0 aliphatic carbocycles. The fourth-order valence-electron chi connectivity index (χ4n) is 3.01. The van der Waals surface area contributed by atoms with E-state index in [0.717, 1.165) is 22.8 Å². The molecule has 1 fully saturated rings. The lowest BCUT2D eigenvalue weighted by Crippen LogP contribution is -2.42. The number of nitrogens with one attached hydrogen (secondary N) is 1. The van der Waals surface area contributed by atoms with Crippen molar-refractivity contribution in [3.8, 4) is 0 Å². The molecule has 4 nitrogen and oxygen atoms in total. The van der Waals surface area contributed by atoms with Gasteiger partial charge in [0.05, 0.1) is 39.8 Å². The maximum Gasteiger partial charge on any atom is 0.257 e. The molecule has 2 aromatic rings. The number of carbonyl (C=O) groups excluding carboxylic acids is 1. The summed E-state index contributed by atoms with van der Waals surface area (Å²) >= 11 is 14.1. The van der Waals surface area contributed by atoms with Gasteiger partial charge < -0.3 is 10.2 Å². The van der Waals surface area contributed by atoms with E-state index in [4.69, 9.17) is 28.2 Å². The number of amides is 1. The third kappa shape index (κ3) is 3.12. The summed E-state index contributed by atoms with van der Waals surface area (Å²) in [6, 6.07) is 13.0. The summed E-state index contributed by atoms with van der Waals surface area (Å²) < 4.78 is 0. The number of benzene rings is 2. The van der Waals surface area contributed by atoms with Crippen molar-refractivity contribution in [3.63, 3.8) is 0 Å². The largest absolute Gasteiger partial charge is 0.342 e. The van der Waals surface area contributed by atoms with Crippen LogP contribution in [-0.2, 0) is 6.54 Å². The molecular weight excluding hydrogens is 377 g/mol. The quantitative estimate of drug-likeness (QED) is 0.817. The highest BCUT2D eigenvalue weighted by atomic mass is 35.5. The number of carbonyl (C=O) groups is 1. The lowest BCUT2D eigenvalue weighted by Gasteiger charge is -2.21. The normalized spacial score (nSPS) is 20.9. The average molecular weight is 392 g/mol. The number of nitrogens with zero attached hydrogens (tertiary/aromatic N) is 2. The second-order valence-electron chi connectivity index (χ2n) is 5.88. The first-order valence-electron chi connectivity index (χ1n) is 7.87. The van der Waals surface area contributed by atoms with Crippen molar-refractivity contribution in [2.75, 3.05) is 16.9 Å². The zero-order valence-corrected chi connectivity index (χ0v) is 15.5. The van der Waals surface area contributed by atoms with Crippen LogP contribution in [0.25, 0.3) is 0 Å². The van der Waals surface area contributed by atoms with E-state index in [0.29, 0.717) is 28.0 Å². The van der Waals surface area contributed by atoms with E-state index in [2.05, 4.69) is 5.32 Å². The van der Waals surface area contributed by atoms with Crippen molar-refractivity contribution in [1.29, 1.82) is 0 Å². The molecule has 2 aliphatic heterocycles. The summed E-state index contributed by atoms with van der Waals surface area (Å²) in [6.45, 7) is 0.410. The molecule has 1 amide bonds. The van der Waals surface area contributed by atoms with E-state index in [9.17, 15) is 4.79 Å². The van der Waals surface area contributed by atoms with E-state index >= 15 is 0 Å². The fraction of sp³-hybridized carbons (Fsp3) is 0.222. The molecule has 2 heterocycles. The summed E-state index contributed by atoms with van der Waals surface area (Å²) in [4.78, 5) is 19.4. The minimum absolute atomic E-state index is 0.0455. The molecule has 25 heavy (non-hydrogen) atoms. The molecule has 7 heteroatoms. The van der Waals surface area contributed by atoms with Crippen molar-refractivity contribution in [2.24, 2.45) is 4.99 Å². The van der Waals surface area contributed by atoms with Crippen LogP contribution in [0.3, 0.4) is 0 Å². The first-order valence-corrected chi connectivity index (χ1v) is 9.78. The van der Waals surface area contributed by atoms with Crippen LogP contribution in [0, 0.1) is 0 Å². The highest BCUT2D eigenvalue weighted by molar-refractivity contribution is 7.99. The summed E-state index contributed by atoms with van der Waals surface area (Å²) in [5.74, 6) is 2.34. The average Bonchev–Trinajstić information content (AvgIpc) is 3.07. The van der Waals surface area contributed by atoms with Crippen LogP contribution < -0.4 is 5.32 Å². The summed E-state index contributed by atoms with van der Waals surface area (Å²) in [5, 5.41) is 4.41. The smallest absolute Gasteiger partial charge is 0.257 e. The predicted octanol–water partition coefficient (Wildman–Crippen LogP) is 4.53. The molecule has 0 bridgehead atoms. The molecule has 2 aliphatic rings. The number of thioether (sulfide) groups is 1. The standard InChI is InChI=1S/C18H15Cl2N3OS/c19-13-6-3-4-11(16(13)20)8-21-17-15-9-25-10-23(15)18(24)12-5-1-2-7-14(12)22-17/h1-7,15H,8-10H2,(H,21,22). The van der Waals surface area contributed by atoms with Crippen LogP contribution in [0.1, 0.15) is 15.9 Å². The lowest BCUT2D eigenvalue weighted by atomic mass is 10.1. The summed E-state index contributed by atoms with van der Waals surface area (Å²) in [7, 11) is 0. The number of aliphatic imine (C=N–C) groups is 1. The topological polar surface area (TPSA) is 44.7 Å². The van der Waals surface area contributed by atoms with E-state index in [1.54, 1.807) is 17.8 Å². The van der Waals surface area contributed by atoms with Crippen LogP contribution in [-0.4, -0.2) is 34.3 Å². The zero-order valence-electron chi connectivity index (χ0n) is 13.2. The molecule has 0 radical (unpaired) electrons. The summed E-state index contributed by atoms with van der Waals surface area (Å²) in [6.07, 6.45) is 0. The van der Waals surface area contributed by atoms with Crippen molar-refractivity contribution in [2.45, 2.75) is 12.6 Å². The highest BCUT2D eigenvalue weighted by Crippen LogP contribution is 2.31. The van der Waals surface area contributed by atoms with Crippen LogP contribution in [0.2, 0.25) is 10.0 Å². The van der Waals surface area contributed by atoms with Gasteiger partial charge in [-0.25, -0.2) is 0 Å². The molecule has 0 saturated carbocycles. The Morgan fingerprint density at radius 2 is 2.04 bits per heavy atom. The zero-order chi connectivity index (χ0) is 17.4. The highest BCUT2D eigenvalue weighted by Gasteiger charge is 2.37. The van der Waals surface area contributed by atoms with Gasteiger partial charge in [0.15, 0.2) is 0 Å². The molecule has 1 atom stereocenters. The Hall–Kier alpha value is -1.69. The predicted molar refractivity (Wildman–Crippen MR) is 105 cm³/mol. The molecule has 1 unspecified atom stereocenters. The Labute approximate surface area is 160 Å². The van der Waals surface area contributed by atoms with Crippen molar-refractivity contribution in [1.82, 2.24) is 4.90 Å². The number of hydrogen-bond donors (Lipinski definition) is 1. The third-order valence-corrected chi connectivity index (χ3v) is 6.20. The minimum atomic E-state index is -0.0529. The van der Waals surface area contributed by atoms with Gasteiger partial charge in [0.25, 0.3) is 5.91 Å². The van der Waals surface area contributed by atoms with Gasteiger partial charge in [0.2, 0.25) is 0 Å². The van der Waals surface area contributed by atoms with Crippen LogP contribution in [0.4, 0.5) is 5.69 Å². The number of amidine groups is 1. The van der Waals surface area contributed by atoms with E-state index in [1.165, 1.54) is 0 Å². The van der Waals surface area contributed by atoms with Crippen molar-refractivity contribution >= 4 is 52.4 Å². The third-order valence-electron chi connectivity index (χ3n) is 4.33. The number of hydrogen-bond acceptors (Lipinski definition) is 3. The molecule has 0 spiro atoms. The Morgan fingerprint density at radius 1 is 1.20 bits per heavy atom. The second-order valence-corrected chi connectivity index (χ2v) is 7.66. The van der Waals surface area contributed by atoms with E-state index in [-0.39, 0.29) is 11.9 Å². The van der Waals surface area contributed by atoms with Crippen molar-refractivity contribution in [3.05, 3.63) is 63.6 Å². The van der Waals surface area contributed by atoms with Gasteiger partial charge in [-0.05, 0) is 23.8 Å². The Kier molecular flexibility index (Phi) is 4.63. The minimum Gasteiger partial charge on any atom is -0.342 e. The maximum atomic E-state index is 12.8. The van der Waals surface area contributed by atoms with Gasteiger partial charge in [0, 0.05) is 5.75 Å².